The molecule has 176 valence electrons. The van der Waals surface area contributed by atoms with Crippen molar-refractivity contribution in [3.05, 3.63) is 84.3 Å². The van der Waals surface area contributed by atoms with Crippen LogP contribution in [-0.2, 0) is 16.6 Å². The SMILES string of the molecule is COc1ccc(NS(=O)(=O)c2ccc(OCc3nc(-c4ccccc4)oc3C)cc2)cc1OC. The van der Waals surface area contributed by atoms with Crippen molar-refractivity contribution >= 4 is 15.7 Å². The fourth-order valence-electron chi connectivity index (χ4n) is 3.25. The number of nitrogens with one attached hydrogen (secondary N) is 1. The number of methoxy groups -OCH3 is 2. The maximum absolute atomic E-state index is 12.8. The van der Waals surface area contributed by atoms with Crippen molar-refractivity contribution in [3.8, 4) is 28.7 Å². The van der Waals surface area contributed by atoms with E-state index in [2.05, 4.69) is 9.71 Å². The number of rotatable bonds is 9. The zero-order chi connectivity index (χ0) is 24.1. The molecule has 0 radical (unpaired) electrons. The van der Waals surface area contributed by atoms with E-state index < -0.39 is 10.0 Å². The number of aryl methyl sites for hydroxylation is 1. The first-order valence-corrected chi connectivity index (χ1v) is 11.9. The third-order valence-corrected chi connectivity index (χ3v) is 6.46. The van der Waals surface area contributed by atoms with Gasteiger partial charge in [0.25, 0.3) is 10.0 Å². The Bertz CT molecular complexity index is 1370. The molecule has 3 aromatic carbocycles. The van der Waals surface area contributed by atoms with Gasteiger partial charge in [0, 0.05) is 11.6 Å². The van der Waals surface area contributed by atoms with Gasteiger partial charge in [-0.15, -0.1) is 0 Å². The summed E-state index contributed by atoms with van der Waals surface area (Å²) >= 11 is 0. The van der Waals surface area contributed by atoms with E-state index in [-0.39, 0.29) is 11.5 Å². The van der Waals surface area contributed by atoms with Crippen molar-refractivity contribution in [2.45, 2.75) is 18.4 Å². The molecule has 0 aliphatic carbocycles. The first-order chi connectivity index (χ1) is 16.4. The predicted octanol–water partition coefficient (Wildman–Crippen LogP) is 5.05. The van der Waals surface area contributed by atoms with Gasteiger partial charge in [-0.2, -0.15) is 0 Å². The molecule has 34 heavy (non-hydrogen) atoms. The smallest absolute Gasteiger partial charge is 0.261 e. The summed E-state index contributed by atoms with van der Waals surface area (Å²) in [5.41, 5.74) is 1.91. The van der Waals surface area contributed by atoms with Crippen molar-refractivity contribution in [3.63, 3.8) is 0 Å². The normalized spacial score (nSPS) is 11.1. The Morgan fingerprint density at radius 1 is 0.912 bits per heavy atom. The van der Waals surface area contributed by atoms with Crippen LogP contribution in [0.2, 0.25) is 0 Å². The van der Waals surface area contributed by atoms with Gasteiger partial charge < -0.3 is 18.6 Å². The number of aromatic nitrogens is 1. The van der Waals surface area contributed by atoms with E-state index in [1.807, 2.05) is 37.3 Å². The lowest BCUT2D eigenvalue weighted by molar-refractivity contribution is 0.299. The summed E-state index contributed by atoms with van der Waals surface area (Å²) in [4.78, 5) is 4.60. The summed E-state index contributed by atoms with van der Waals surface area (Å²) in [7, 11) is -0.810. The second kappa shape index (κ2) is 9.88. The minimum atomic E-state index is -3.81. The Morgan fingerprint density at radius 2 is 1.62 bits per heavy atom. The summed E-state index contributed by atoms with van der Waals surface area (Å²) in [6.07, 6.45) is 0. The van der Waals surface area contributed by atoms with Crippen LogP contribution in [0.15, 0.2) is 82.1 Å². The second-order valence-electron chi connectivity index (χ2n) is 7.32. The molecule has 0 amide bonds. The third-order valence-electron chi connectivity index (χ3n) is 5.06. The van der Waals surface area contributed by atoms with Crippen LogP contribution >= 0.6 is 0 Å². The molecular weight excluding hydrogens is 456 g/mol. The lowest BCUT2D eigenvalue weighted by Crippen LogP contribution is -2.13. The van der Waals surface area contributed by atoms with E-state index in [1.165, 1.54) is 26.4 Å². The zero-order valence-electron chi connectivity index (χ0n) is 18.9. The van der Waals surface area contributed by atoms with Gasteiger partial charge in [0.05, 0.1) is 24.8 Å². The first-order valence-electron chi connectivity index (χ1n) is 10.4. The first kappa shape index (κ1) is 23.2. The summed E-state index contributed by atoms with van der Waals surface area (Å²) < 4.78 is 50.0. The standard InChI is InChI=1S/C25H24N2O6S/c1-17-22(26-25(33-17)18-7-5-4-6-8-18)16-32-20-10-12-21(13-11-20)34(28,29)27-19-9-14-23(30-2)24(15-19)31-3/h4-15,27H,16H2,1-3H3. The van der Waals surface area contributed by atoms with E-state index in [4.69, 9.17) is 18.6 Å². The Morgan fingerprint density at radius 3 is 2.29 bits per heavy atom. The minimum Gasteiger partial charge on any atom is -0.493 e. The molecule has 0 unspecified atom stereocenters. The van der Waals surface area contributed by atoms with Gasteiger partial charge in [-0.1, -0.05) is 18.2 Å². The molecule has 0 atom stereocenters. The number of nitrogens with zero attached hydrogens (tertiary/aromatic N) is 1. The number of hydrogen-bond acceptors (Lipinski definition) is 7. The molecule has 0 aliphatic heterocycles. The number of hydrogen-bond donors (Lipinski definition) is 1. The van der Waals surface area contributed by atoms with Crippen molar-refractivity contribution in [2.24, 2.45) is 0 Å². The lowest BCUT2D eigenvalue weighted by atomic mass is 10.2. The topological polar surface area (TPSA) is 99.9 Å². The monoisotopic (exact) mass is 480 g/mol. The van der Waals surface area contributed by atoms with E-state index in [0.717, 1.165) is 5.56 Å². The maximum atomic E-state index is 12.8. The van der Waals surface area contributed by atoms with Gasteiger partial charge in [0.2, 0.25) is 5.89 Å². The molecule has 4 rings (SSSR count). The van der Waals surface area contributed by atoms with Crippen LogP contribution in [0.25, 0.3) is 11.5 Å². The van der Waals surface area contributed by atoms with Gasteiger partial charge in [0.15, 0.2) is 11.5 Å². The summed E-state index contributed by atoms with van der Waals surface area (Å²) in [6, 6.07) is 20.5. The van der Waals surface area contributed by atoms with Crippen LogP contribution in [0.5, 0.6) is 17.2 Å². The predicted molar refractivity (Wildman–Crippen MR) is 128 cm³/mol. The van der Waals surface area contributed by atoms with Crippen molar-refractivity contribution in [1.82, 2.24) is 4.98 Å². The number of anilines is 1. The van der Waals surface area contributed by atoms with E-state index in [1.54, 1.807) is 30.3 Å². The van der Waals surface area contributed by atoms with Gasteiger partial charge in [-0.25, -0.2) is 13.4 Å². The van der Waals surface area contributed by atoms with Gasteiger partial charge in [0.1, 0.15) is 23.8 Å². The highest BCUT2D eigenvalue weighted by atomic mass is 32.2. The molecule has 4 aromatic rings. The highest BCUT2D eigenvalue weighted by Gasteiger charge is 2.16. The molecule has 1 heterocycles. The van der Waals surface area contributed by atoms with Crippen LogP contribution in [0.4, 0.5) is 5.69 Å². The average molecular weight is 481 g/mol. The summed E-state index contributed by atoms with van der Waals surface area (Å²) in [6.45, 7) is 2.02. The van der Waals surface area contributed by atoms with E-state index >= 15 is 0 Å². The van der Waals surface area contributed by atoms with Crippen LogP contribution in [-0.4, -0.2) is 27.6 Å². The molecule has 9 heteroatoms. The number of benzene rings is 3. The molecule has 0 aliphatic rings. The zero-order valence-corrected chi connectivity index (χ0v) is 19.8. The number of oxazole rings is 1. The largest absolute Gasteiger partial charge is 0.493 e. The van der Waals surface area contributed by atoms with E-state index in [9.17, 15) is 8.42 Å². The molecule has 0 spiro atoms. The molecule has 1 aromatic heterocycles. The van der Waals surface area contributed by atoms with Crippen LogP contribution in [0, 0.1) is 6.92 Å². The lowest BCUT2D eigenvalue weighted by Gasteiger charge is -2.12. The average Bonchev–Trinajstić information content (AvgIpc) is 3.23. The van der Waals surface area contributed by atoms with Crippen LogP contribution in [0.1, 0.15) is 11.5 Å². The highest BCUT2D eigenvalue weighted by molar-refractivity contribution is 7.92. The van der Waals surface area contributed by atoms with Crippen molar-refractivity contribution < 1.29 is 27.0 Å². The molecule has 0 saturated carbocycles. The Kier molecular flexibility index (Phi) is 6.74. The van der Waals surface area contributed by atoms with Gasteiger partial charge in [-0.05, 0) is 55.5 Å². The molecular formula is C25H24N2O6S. The fraction of sp³-hybridized carbons (Fsp3) is 0.160. The molecule has 1 N–H and O–H groups in total. The van der Waals surface area contributed by atoms with Crippen molar-refractivity contribution in [1.29, 1.82) is 0 Å². The maximum Gasteiger partial charge on any atom is 0.261 e. The van der Waals surface area contributed by atoms with E-state index in [0.29, 0.717) is 40.3 Å². The highest BCUT2D eigenvalue weighted by Crippen LogP contribution is 2.31. The number of ether oxygens (including phenoxy) is 3. The summed E-state index contributed by atoms with van der Waals surface area (Å²) in [5.74, 6) is 2.63. The third kappa shape index (κ3) is 5.15. The Labute approximate surface area is 198 Å². The van der Waals surface area contributed by atoms with Gasteiger partial charge in [-0.3, -0.25) is 4.72 Å². The molecule has 0 bridgehead atoms. The minimum absolute atomic E-state index is 0.0959. The van der Waals surface area contributed by atoms with Gasteiger partial charge >= 0.3 is 0 Å². The van der Waals surface area contributed by atoms with Crippen LogP contribution < -0.4 is 18.9 Å². The molecule has 0 saturated heterocycles. The summed E-state index contributed by atoms with van der Waals surface area (Å²) in [5, 5.41) is 0. The molecule has 8 nitrogen and oxygen atoms in total. The second-order valence-corrected chi connectivity index (χ2v) is 9.01. The molecule has 0 fully saturated rings. The Balaban J connectivity index is 1.43. The fourth-order valence-corrected chi connectivity index (χ4v) is 4.30. The quantitative estimate of drug-likeness (QED) is 0.358. The van der Waals surface area contributed by atoms with Crippen molar-refractivity contribution in [2.75, 3.05) is 18.9 Å². The Hall–Kier alpha value is -3.98. The number of sulfonamides is 1. The van der Waals surface area contributed by atoms with Crippen LogP contribution in [0.3, 0.4) is 0 Å².